The first-order valence-electron chi connectivity index (χ1n) is 3.39. The number of aromatic nitrogens is 2. The van der Waals surface area contributed by atoms with E-state index < -0.39 is 5.82 Å². The van der Waals surface area contributed by atoms with Gasteiger partial charge in [0.25, 0.3) is 0 Å². The molecule has 1 aromatic carbocycles. The molecule has 2 aromatic rings. The number of benzene rings is 1. The maximum absolute atomic E-state index is 12.9. The molecule has 0 saturated carbocycles. The lowest BCUT2D eigenvalue weighted by Crippen LogP contribution is -1.86. The van der Waals surface area contributed by atoms with Gasteiger partial charge in [-0.1, -0.05) is 0 Å². The summed E-state index contributed by atoms with van der Waals surface area (Å²) in [6, 6.07) is 2.72. The molecule has 2 rings (SSSR count). The number of hydrogen-bond acceptors (Lipinski definition) is 2. The minimum atomic E-state index is -0.515. The maximum Gasteiger partial charge on any atom is 0.153 e. The van der Waals surface area contributed by atoms with Crippen LogP contribution in [-0.2, 0) is 0 Å². The van der Waals surface area contributed by atoms with Crippen LogP contribution >= 0.6 is 0 Å². The number of nitrogens with one attached hydrogen (secondary N) is 1. The summed E-state index contributed by atoms with van der Waals surface area (Å²) >= 11 is 0. The van der Waals surface area contributed by atoms with E-state index in [0.29, 0.717) is 17.2 Å². The molecule has 0 aliphatic heterocycles. The zero-order valence-corrected chi connectivity index (χ0v) is 6.04. The quantitative estimate of drug-likeness (QED) is 0.649. The summed E-state index contributed by atoms with van der Waals surface area (Å²) in [5.41, 5.74) is 0.713. The van der Waals surface area contributed by atoms with E-state index in [1.807, 2.05) is 0 Å². The van der Waals surface area contributed by atoms with Crippen LogP contribution in [0.1, 0.15) is 10.4 Å². The number of fused-ring (bicyclic) bond motifs is 1. The standard InChI is InChI=1S/C8H5FN2O/c9-7-1-5-3-10-11-8(5)2-6(7)4-12/h1-4H,(H,10,11). The number of hydrogen-bond donors (Lipinski definition) is 1. The molecule has 0 bridgehead atoms. The number of aromatic amines is 1. The Kier molecular flexibility index (Phi) is 1.40. The van der Waals surface area contributed by atoms with Gasteiger partial charge in [0, 0.05) is 5.39 Å². The average molecular weight is 164 g/mol. The summed E-state index contributed by atoms with van der Waals surface area (Å²) in [5.74, 6) is -0.515. The molecule has 0 aliphatic carbocycles. The highest BCUT2D eigenvalue weighted by molar-refractivity contribution is 5.86. The molecule has 0 unspecified atom stereocenters. The molecule has 0 amide bonds. The van der Waals surface area contributed by atoms with Crippen molar-refractivity contribution in [3.63, 3.8) is 0 Å². The van der Waals surface area contributed by atoms with Gasteiger partial charge in [0.1, 0.15) is 5.82 Å². The fraction of sp³-hybridized carbons (Fsp3) is 0. The van der Waals surface area contributed by atoms with Crippen LogP contribution in [0.15, 0.2) is 18.3 Å². The number of carbonyl (C=O) groups is 1. The minimum Gasteiger partial charge on any atom is -0.298 e. The van der Waals surface area contributed by atoms with E-state index in [9.17, 15) is 9.18 Å². The Morgan fingerprint density at radius 3 is 3.08 bits per heavy atom. The number of aldehydes is 1. The smallest absolute Gasteiger partial charge is 0.153 e. The van der Waals surface area contributed by atoms with Gasteiger partial charge in [-0.3, -0.25) is 9.89 Å². The maximum atomic E-state index is 12.9. The summed E-state index contributed by atoms with van der Waals surface area (Å²) < 4.78 is 12.9. The molecule has 0 saturated heterocycles. The Morgan fingerprint density at radius 1 is 1.50 bits per heavy atom. The van der Waals surface area contributed by atoms with E-state index in [0.717, 1.165) is 0 Å². The third-order valence-corrected chi connectivity index (χ3v) is 1.68. The van der Waals surface area contributed by atoms with Gasteiger partial charge in [0.15, 0.2) is 6.29 Å². The lowest BCUT2D eigenvalue weighted by molar-refractivity contribution is 0.112. The summed E-state index contributed by atoms with van der Waals surface area (Å²) in [5, 5.41) is 7.02. The highest BCUT2D eigenvalue weighted by Crippen LogP contribution is 2.15. The summed E-state index contributed by atoms with van der Waals surface area (Å²) in [6.45, 7) is 0. The zero-order chi connectivity index (χ0) is 8.55. The van der Waals surface area contributed by atoms with Crippen LogP contribution in [0.4, 0.5) is 4.39 Å². The van der Waals surface area contributed by atoms with Crippen LogP contribution < -0.4 is 0 Å². The van der Waals surface area contributed by atoms with E-state index >= 15 is 0 Å². The highest BCUT2D eigenvalue weighted by atomic mass is 19.1. The zero-order valence-electron chi connectivity index (χ0n) is 6.04. The van der Waals surface area contributed by atoms with Crippen molar-refractivity contribution >= 4 is 17.2 Å². The summed E-state index contributed by atoms with van der Waals surface area (Å²) in [4.78, 5) is 10.3. The van der Waals surface area contributed by atoms with Crippen LogP contribution in [0.5, 0.6) is 0 Å². The number of nitrogens with zero attached hydrogens (tertiary/aromatic N) is 1. The predicted octanol–water partition coefficient (Wildman–Crippen LogP) is 1.51. The number of rotatable bonds is 1. The van der Waals surface area contributed by atoms with Crippen molar-refractivity contribution in [2.45, 2.75) is 0 Å². The molecule has 1 N–H and O–H groups in total. The fourth-order valence-corrected chi connectivity index (χ4v) is 1.07. The molecule has 1 aromatic heterocycles. The first kappa shape index (κ1) is 6.97. The van der Waals surface area contributed by atoms with Gasteiger partial charge in [0.2, 0.25) is 0 Å². The van der Waals surface area contributed by atoms with Crippen molar-refractivity contribution in [2.24, 2.45) is 0 Å². The van der Waals surface area contributed by atoms with E-state index in [1.54, 1.807) is 0 Å². The van der Waals surface area contributed by atoms with Crippen LogP contribution in [0.2, 0.25) is 0 Å². The van der Waals surface area contributed by atoms with Gasteiger partial charge in [-0.2, -0.15) is 5.10 Å². The topological polar surface area (TPSA) is 45.8 Å². The summed E-state index contributed by atoms with van der Waals surface area (Å²) in [7, 11) is 0. The van der Waals surface area contributed by atoms with Crippen molar-refractivity contribution in [1.29, 1.82) is 0 Å². The molecule has 4 heteroatoms. The Balaban J connectivity index is 2.81. The molecule has 60 valence electrons. The van der Waals surface area contributed by atoms with E-state index in [-0.39, 0.29) is 5.56 Å². The monoisotopic (exact) mass is 164 g/mol. The SMILES string of the molecule is O=Cc1cc2[nH]ncc2cc1F. The highest BCUT2D eigenvalue weighted by Gasteiger charge is 2.03. The second-order valence-corrected chi connectivity index (χ2v) is 2.45. The predicted molar refractivity (Wildman–Crippen MR) is 41.4 cm³/mol. The van der Waals surface area contributed by atoms with Crippen molar-refractivity contribution in [3.05, 3.63) is 29.7 Å². The van der Waals surface area contributed by atoms with Crippen LogP contribution in [0.25, 0.3) is 10.9 Å². The molecule has 0 spiro atoms. The lowest BCUT2D eigenvalue weighted by Gasteiger charge is -1.93. The second-order valence-electron chi connectivity index (χ2n) is 2.45. The van der Waals surface area contributed by atoms with Crippen LogP contribution in [0.3, 0.4) is 0 Å². The number of carbonyl (C=O) groups excluding carboxylic acids is 1. The molecule has 0 fully saturated rings. The molecule has 1 heterocycles. The Morgan fingerprint density at radius 2 is 2.33 bits per heavy atom. The van der Waals surface area contributed by atoms with Gasteiger partial charge in [0.05, 0.1) is 17.3 Å². The van der Waals surface area contributed by atoms with Crippen LogP contribution in [0, 0.1) is 5.82 Å². The molecule has 3 nitrogen and oxygen atoms in total. The third-order valence-electron chi connectivity index (χ3n) is 1.68. The number of halogens is 1. The Labute approximate surface area is 67.2 Å². The molecule has 0 radical (unpaired) electrons. The van der Waals surface area contributed by atoms with Gasteiger partial charge < -0.3 is 0 Å². The molecular weight excluding hydrogens is 159 g/mol. The Bertz CT molecular complexity index is 436. The van der Waals surface area contributed by atoms with E-state index in [4.69, 9.17) is 0 Å². The van der Waals surface area contributed by atoms with Crippen molar-refractivity contribution in [2.75, 3.05) is 0 Å². The third kappa shape index (κ3) is 0.887. The molecule has 0 atom stereocenters. The number of H-pyrrole nitrogens is 1. The average Bonchev–Trinajstić information content (AvgIpc) is 2.49. The molecular formula is C8H5FN2O. The first-order valence-corrected chi connectivity index (χ1v) is 3.39. The Hall–Kier alpha value is -1.71. The van der Waals surface area contributed by atoms with Crippen molar-refractivity contribution in [1.82, 2.24) is 10.2 Å². The largest absolute Gasteiger partial charge is 0.298 e. The van der Waals surface area contributed by atoms with Gasteiger partial charge in [-0.05, 0) is 12.1 Å². The van der Waals surface area contributed by atoms with Crippen LogP contribution in [-0.4, -0.2) is 16.5 Å². The minimum absolute atomic E-state index is 0.0479. The molecule has 0 aliphatic rings. The molecule has 12 heavy (non-hydrogen) atoms. The van der Waals surface area contributed by atoms with Crippen molar-refractivity contribution < 1.29 is 9.18 Å². The van der Waals surface area contributed by atoms with Gasteiger partial charge >= 0.3 is 0 Å². The second kappa shape index (κ2) is 2.41. The lowest BCUT2D eigenvalue weighted by atomic mass is 10.2. The van der Waals surface area contributed by atoms with E-state index in [1.165, 1.54) is 18.3 Å². The van der Waals surface area contributed by atoms with Gasteiger partial charge in [-0.25, -0.2) is 4.39 Å². The summed E-state index contributed by atoms with van der Waals surface area (Å²) in [6.07, 6.45) is 1.99. The van der Waals surface area contributed by atoms with Crippen molar-refractivity contribution in [3.8, 4) is 0 Å². The fourth-order valence-electron chi connectivity index (χ4n) is 1.07. The van der Waals surface area contributed by atoms with Gasteiger partial charge in [-0.15, -0.1) is 0 Å². The first-order chi connectivity index (χ1) is 5.81. The normalized spacial score (nSPS) is 10.4. The van der Waals surface area contributed by atoms with E-state index in [2.05, 4.69) is 10.2 Å².